The molecule has 2 N–H and O–H groups in total. The molecule has 0 fully saturated rings. The average molecular weight is 276 g/mol. The number of rotatable bonds is 4. The number of halogens is 2. The second kappa shape index (κ2) is 6.69. The molecule has 0 aliphatic carbocycles. The first-order valence-electron chi connectivity index (χ1n) is 5.16. The summed E-state index contributed by atoms with van der Waals surface area (Å²) in [7, 11) is 3.55. The molecule has 1 aromatic carbocycles. The maximum Gasteiger partial charge on any atom is 0.321 e. The van der Waals surface area contributed by atoms with Crippen LogP contribution in [-0.4, -0.2) is 38.1 Å². The van der Waals surface area contributed by atoms with Gasteiger partial charge in [0.2, 0.25) is 0 Å². The third-order valence-electron chi connectivity index (χ3n) is 2.21. The molecule has 1 rings (SSSR count). The number of nitrogens with one attached hydrogen (secondary N) is 2. The Morgan fingerprint density at radius 2 is 2.12 bits per heavy atom. The number of carbonyl (C=O) groups is 1. The van der Waals surface area contributed by atoms with Gasteiger partial charge in [0, 0.05) is 25.2 Å². The summed E-state index contributed by atoms with van der Waals surface area (Å²) in [6.45, 7) is 1.34. The second-order valence-corrected chi connectivity index (χ2v) is 4.42. The number of likely N-dealkylation sites (N-methyl/N-ethyl adjacent to an activating group) is 2. The summed E-state index contributed by atoms with van der Waals surface area (Å²) >= 11 is 11.8. The Kier molecular flexibility index (Phi) is 5.55. The minimum atomic E-state index is -0.218. The van der Waals surface area contributed by atoms with Crippen LogP contribution in [0.15, 0.2) is 18.2 Å². The van der Waals surface area contributed by atoms with Gasteiger partial charge in [0.15, 0.2) is 0 Å². The molecule has 0 spiro atoms. The zero-order valence-corrected chi connectivity index (χ0v) is 11.3. The molecule has 0 aromatic heterocycles. The monoisotopic (exact) mass is 275 g/mol. The average Bonchev–Trinajstić information content (AvgIpc) is 2.30. The van der Waals surface area contributed by atoms with Crippen molar-refractivity contribution >= 4 is 34.9 Å². The highest BCUT2D eigenvalue weighted by Gasteiger charge is 2.10. The minimum Gasteiger partial charge on any atom is -0.326 e. The summed E-state index contributed by atoms with van der Waals surface area (Å²) in [6, 6.07) is 4.72. The van der Waals surface area contributed by atoms with Gasteiger partial charge in [0.1, 0.15) is 0 Å². The molecule has 0 saturated carbocycles. The fourth-order valence-electron chi connectivity index (χ4n) is 1.18. The lowest BCUT2D eigenvalue weighted by molar-refractivity contribution is 0.223. The van der Waals surface area contributed by atoms with Gasteiger partial charge in [-0.1, -0.05) is 23.2 Å². The maximum absolute atomic E-state index is 11.8. The molecular weight excluding hydrogens is 261 g/mol. The van der Waals surface area contributed by atoms with E-state index in [4.69, 9.17) is 23.2 Å². The zero-order valence-electron chi connectivity index (χ0n) is 9.76. The quantitative estimate of drug-likeness (QED) is 0.888. The van der Waals surface area contributed by atoms with E-state index in [0.29, 0.717) is 22.3 Å². The van der Waals surface area contributed by atoms with E-state index >= 15 is 0 Å². The Balaban J connectivity index is 2.64. The summed E-state index contributed by atoms with van der Waals surface area (Å²) in [5.74, 6) is 0. The third kappa shape index (κ3) is 4.42. The molecule has 0 aliphatic rings. The van der Waals surface area contributed by atoms with Gasteiger partial charge in [-0.2, -0.15) is 0 Å². The van der Waals surface area contributed by atoms with Gasteiger partial charge < -0.3 is 15.5 Å². The van der Waals surface area contributed by atoms with Crippen molar-refractivity contribution in [3.05, 3.63) is 28.2 Å². The number of benzene rings is 1. The molecular formula is C11H15Cl2N3O. The number of hydrogen-bond acceptors (Lipinski definition) is 2. The van der Waals surface area contributed by atoms with Gasteiger partial charge in [-0.05, 0) is 25.2 Å². The van der Waals surface area contributed by atoms with Gasteiger partial charge >= 0.3 is 6.03 Å². The fourth-order valence-corrected chi connectivity index (χ4v) is 1.52. The lowest BCUT2D eigenvalue weighted by Crippen LogP contribution is -2.35. The van der Waals surface area contributed by atoms with Crippen molar-refractivity contribution < 1.29 is 4.79 Å². The molecule has 17 heavy (non-hydrogen) atoms. The molecule has 0 aliphatic heterocycles. The van der Waals surface area contributed by atoms with E-state index in [1.165, 1.54) is 0 Å². The van der Waals surface area contributed by atoms with Crippen LogP contribution in [0.2, 0.25) is 10.0 Å². The predicted molar refractivity (Wildman–Crippen MR) is 72.0 cm³/mol. The number of urea groups is 1. The Morgan fingerprint density at radius 3 is 2.76 bits per heavy atom. The van der Waals surface area contributed by atoms with Crippen molar-refractivity contribution in [2.45, 2.75) is 0 Å². The number of anilines is 1. The van der Waals surface area contributed by atoms with Gasteiger partial charge in [0.25, 0.3) is 0 Å². The second-order valence-electron chi connectivity index (χ2n) is 3.58. The molecule has 0 radical (unpaired) electrons. The normalized spacial score (nSPS) is 10.1. The molecule has 0 heterocycles. The van der Waals surface area contributed by atoms with E-state index < -0.39 is 0 Å². The molecule has 4 nitrogen and oxygen atoms in total. The van der Waals surface area contributed by atoms with Crippen LogP contribution in [0.5, 0.6) is 0 Å². The number of amides is 2. The first-order chi connectivity index (χ1) is 8.04. The molecule has 94 valence electrons. The first kappa shape index (κ1) is 14.1. The van der Waals surface area contributed by atoms with Crippen LogP contribution in [-0.2, 0) is 0 Å². The SMILES string of the molecule is CNCCN(C)C(=O)Nc1cc(Cl)ccc1Cl. The Labute approximate surface area is 111 Å². The van der Waals surface area contributed by atoms with Crippen molar-refractivity contribution in [2.24, 2.45) is 0 Å². The third-order valence-corrected chi connectivity index (χ3v) is 2.78. The van der Waals surface area contributed by atoms with Crippen LogP contribution in [0.25, 0.3) is 0 Å². The van der Waals surface area contributed by atoms with Gasteiger partial charge in [-0.3, -0.25) is 0 Å². The van der Waals surface area contributed by atoms with Crippen LogP contribution < -0.4 is 10.6 Å². The molecule has 0 saturated heterocycles. The highest BCUT2D eigenvalue weighted by molar-refractivity contribution is 6.35. The summed E-state index contributed by atoms with van der Waals surface area (Å²) in [5, 5.41) is 6.66. The maximum atomic E-state index is 11.8. The summed E-state index contributed by atoms with van der Waals surface area (Å²) in [4.78, 5) is 13.3. The van der Waals surface area contributed by atoms with Crippen molar-refractivity contribution in [1.29, 1.82) is 0 Å². The van der Waals surface area contributed by atoms with E-state index in [1.807, 2.05) is 7.05 Å². The lowest BCUT2D eigenvalue weighted by Gasteiger charge is -2.18. The molecule has 2 amide bonds. The van der Waals surface area contributed by atoms with Gasteiger partial charge in [0.05, 0.1) is 10.7 Å². The van der Waals surface area contributed by atoms with Crippen molar-refractivity contribution in [3.8, 4) is 0 Å². The Hall–Kier alpha value is -0.970. The van der Waals surface area contributed by atoms with Crippen LogP contribution in [0.4, 0.5) is 10.5 Å². The number of nitrogens with zero attached hydrogens (tertiary/aromatic N) is 1. The molecule has 0 unspecified atom stereocenters. The van der Waals surface area contributed by atoms with E-state index in [9.17, 15) is 4.79 Å². The largest absolute Gasteiger partial charge is 0.326 e. The molecule has 6 heteroatoms. The zero-order chi connectivity index (χ0) is 12.8. The molecule has 1 aromatic rings. The van der Waals surface area contributed by atoms with Crippen LogP contribution in [0, 0.1) is 0 Å². The first-order valence-corrected chi connectivity index (χ1v) is 5.92. The number of carbonyl (C=O) groups excluding carboxylic acids is 1. The van der Waals surface area contributed by atoms with Crippen molar-refractivity contribution in [1.82, 2.24) is 10.2 Å². The van der Waals surface area contributed by atoms with E-state index in [2.05, 4.69) is 10.6 Å². The van der Waals surface area contributed by atoms with Crippen molar-refractivity contribution in [2.75, 3.05) is 32.5 Å². The molecule has 0 bridgehead atoms. The lowest BCUT2D eigenvalue weighted by atomic mass is 10.3. The van der Waals surface area contributed by atoms with Crippen LogP contribution in [0.3, 0.4) is 0 Å². The summed E-state index contributed by atoms with van der Waals surface area (Å²) in [6.07, 6.45) is 0. The van der Waals surface area contributed by atoms with E-state index in [0.717, 1.165) is 6.54 Å². The summed E-state index contributed by atoms with van der Waals surface area (Å²) < 4.78 is 0. The fraction of sp³-hybridized carbons (Fsp3) is 0.364. The van der Waals surface area contributed by atoms with E-state index in [1.54, 1.807) is 30.1 Å². The predicted octanol–water partition coefficient (Wildman–Crippen LogP) is 2.68. The van der Waals surface area contributed by atoms with Gasteiger partial charge in [-0.25, -0.2) is 4.79 Å². The number of hydrogen-bond donors (Lipinski definition) is 2. The summed E-state index contributed by atoms with van der Waals surface area (Å²) in [5.41, 5.74) is 0.514. The highest BCUT2D eigenvalue weighted by Crippen LogP contribution is 2.25. The van der Waals surface area contributed by atoms with Crippen molar-refractivity contribution in [3.63, 3.8) is 0 Å². The topological polar surface area (TPSA) is 44.4 Å². The highest BCUT2D eigenvalue weighted by atomic mass is 35.5. The Bertz CT molecular complexity index is 398. The smallest absolute Gasteiger partial charge is 0.321 e. The van der Waals surface area contributed by atoms with Crippen LogP contribution in [0.1, 0.15) is 0 Å². The minimum absolute atomic E-state index is 0.218. The van der Waals surface area contributed by atoms with E-state index in [-0.39, 0.29) is 6.03 Å². The van der Waals surface area contributed by atoms with Crippen LogP contribution >= 0.6 is 23.2 Å². The standard InChI is InChI=1S/C11H15Cl2N3O/c1-14-5-6-16(2)11(17)15-10-7-8(12)3-4-9(10)13/h3-4,7,14H,5-6H2,1-2H3,(H,15,17). The Morgan fingerprint density at radius 1 is 1.41 bits per heavy atom. The molecule has 0 atom stereocenters. The van der Waals surface area contributed by atoms with Gasteiger partial charge in [-0.15, -0.1) is 0 Å².